The molecular formula is C24H22Cl2N2. The van der Waals surface area contributed by atoms with Crippen LogP contribution in [0.15, 0.2) is 36.4 Å². The van der Waals surface area contributed by atoms with Gasteiger partial charge in [-0.25, -0.2) is 9.97 Å². The maximum atomic E-state index is 6.30. The van der Waals surface area contributed by atoms with E-state index in [-0.39, 0.29) is 10.8 Å². The Kier molecular flexibility index (Phi) is 3.38. The van der Waals surface area contributed by atoms with Gasteiger partial charge in [0, 0.05) is 16.7 Å². The van der Waals surface area contributed by atoms with Gasteiger partial charge in [-0.2, -0.15) is 0 Å². The normalized spacial score (nSPS) is 31.0. The average Bonchev–Trinajstić information content (AvgIpc) is 3.20. The predicted molar refractivity (Wildman–Crippen MR) is 115 cm³/mol. The highest BCUT2D eigenvalue weighted by molar-refractivity contribution is 6.42. The van der Waals surface area contributed by atoms with Gasteiger partial charge in [0.15, 0.2) is 0 Å². The van der Waals surface area contributed by atoms with E-state index in [0.29, 0.717) is 21.9 Å². The Morgan fingerprint density at radius 1 is 0.893 bits per heavy atom. The highest BCUT2D eigenvalue weighted by Gasteiger charge is 2.82. The number of fused-ring (bicyclic) bond motifs is 8. The van der Waals surface area contributed by atoms with Crippen LogP contribution in [0.1, 0.15) is 68.0 Å². The van der Waals surface area contributed by atoms with E-state index in [1.54, 1.807) is 5.56 Å². The summed E-state index contributed by atoms with van der Waals surface area (Å²) in [7, 11) is 0. The highest BCUT2D eigenvalue weighted by atomic mass is 35.5. The summed E-state index contributed by atoms with van der Waals surface area (Å²) in [5, 5.41) is 1.09. The molecular weight excluding hydrogens is 387 g/mol. The molecule has 1 heterocycles. The first kappa shape index (κ1) is 17.2. The molecule has 0 amide bonds. The van der Waals surface area contributed by atoms with E-state index in [0.717, 1.165) is 23.9 Å². The van der Waals surface area contributed by atoms with Crippen LogP contribution in [0.2, 0.25) is 10.0 Å². The monoisotopic (exact) mass is 408 g/mol. The van der Waals surface area contributed by atoms with Crippen molar-refractivity contribution in [2.75, 3.05) is 0 Å². The van der Waals surface area contributed by atoms with Gasteiger partial charge in [-0.3, -0.25) is 0 Å². The van der Waals surface area contributed by atoms with Crippen LogP contribution < -0.4 is 0 Å². The van der Waals surface area contributed by atoms with Crippen molar-refractivity contribution in [3.05, 3.63) is 69.0 Å². The molecule has 28 heavy (non-hydrogen) atoms. The zero-order chi connectivity index (χ0) is 19.3. The summed E-state index contributed by atoms with van der Waals surface area (Å²) in [5.41, 5.74) is 7.46. The molecule has 0 radical (unpaired) electrons. The highest BCUT2D eigenvalue weighted by Crippen LogP contribution is 2.84. The molecule has 0 saturated heterocycles. The maximum absolute atomic E-state index is 6.30. The van der Waals surface area contributed by atoms with Gasteiger partial charge < -0.3 is 0 Å². The molecule has 4 heteroatoms. The lowest BCUT2D eigenvalue weighted by Gasteiger charge is -2.30. The fourth-order valence-electron chi connectivity index (χ4n) is 6.89. The smallest absolute Gasteiger partial charge is 0.0906 e. The lowest BCUT2D eigenvalue weighted by molar-refractivity contribution is 0.397. The van der Waals surface area contributed by atoms with Crippen LogP contribution in [0, 0.1) is 5.92 Å². The molecule has 142 valence electrons. The molecule has 0 bridgehead atoms. The van der Waals surface area contributed by atoms with Crippen LogP contribution in [-0.2, 0) is 10.8 Å². The molecule has 0 N–H and O–H groups in total. The van der Waals surface area contributed by atoms with Crippen LogP contribution in [0.5, 0.6) is 0 Å². The first-order valence-electron chi connectivity index (χ1n) is 10.4. The number of halogens is 2. The molecule has 2 nitrogen and oxygen atoms in total. The average molecular weight is 409 g/mol. The van der Waals surface area contributed by atoms with Crippen LogP contribution >= 0.6 is 23.2 Å². The summed E-state index contributed by atoms with van der Waals surface area (Å²) in [4.78, 5) is 10.3. The molecule has 0 spiro atoms. The summed E-state index contributed by atoms with van der Waals surface area (Å²) in [6.07, 6.45) is 4.69. The number of nitrogens with zero attached hydrogens (tertiary/aromatic N) is 2. The first-order chi connectivity index (χ1) is 13.6. The van der Waals surface area contributed by atoms with E-state index >= 15 is 0 Å². The van der Waals surface area contributed by atoms with Crippen molar-refractivity contribution < 1.29 is 0 Å². The Labute approximate surface area is 175 Å². The van der Waals surface area contributed by atoms with E-state index in [9.17, 15) is 0 Å². The van der Waals surface area contributed by atoms with Gasteiger partial charge in [0.1, 0.15) is 0 Å². The summed E-state index contributed by atoms with van der Waals surface area (Å²) < 4.78 is 0. The second-order valence-corrected chi connectivity index (χ2v) is 9.54. The third kappa shape index (κ3) is 1.74. The molecule has 4 unspecified atom stereocenters. The summed E-state index contributed by atoms with van der Waals surface area (Å²) in [6, 6.07) is 12.9. The van der Waals surface area contributed by atoms with Gasteiger partial charge >= 0.3 is 0 Å². The Hall–Kier alpha value is -1.64. The van der Waals surface area contributed by atoms with Crippen molar-refractivity contribution in [3.63, 3.8) is 0 Å². The molecule has 1 fully saturated rings. The molecule has 3 aliphatic carbocycles. The number of aromatic nitrogens is 2. The van der Waals surface area contributed by atoms with Gasteiger partial charge in [0.25, 0.3) is 0 Å². The van der Waals surface area contributed by atoms with Gasteiger partial charge in [-0.05, 0) is 42.0 Å². The number of hydrogen-bond acceptors (Lipinski definition) is 2. The topological polar surface area (TPSA) is 25.8 Å². The largest absolute Gasteiger partial charge is 0.249 e. The second-order valence-electron chi connectivity index (χ2n) is 8.73. The lowest BCUT2D eigenvalue weighted by atomic mass is 9.74. The third-order valence-electron chi connectivity index (χ3n) is 7.53. The fourth-order valence-corrected chi connectivity index (χ4v) is 7.21. The molecule has 4 atom stereocenters. The van der Waals surface area contributed by atoms with E-state index in [1.807, 2.05) is 12.1 Å². The van der Waals surface area contributed by atoms with Crippen LogP contribution in [0.3, 0.4) is 0 Å². The number of benzene rings is 2. The van der Waals surface area contributed by atoms with E-state index in [1.165, 1.54) is 29.8 Å². The molecule has 2 aromatic carbocycles. The number of hydrogen-bond donors (Lipinski definition) is 0. The van der Waals surface area contributed by atoms with Crippen molar-refractivity contribution in [1.29, 1.82) is 0 Å². The maximum Gasteiger partial charge on any atom is 0.0906 e. The minimum absolute atomic E-state index is 0.00775. The van der Waals surface area contributed by atoms with Crippen molar-refractivity contribution in [2.24, 2.45) is 5.92 Å². The van der Waals surface area contributed by atoms with Crippen molar-refractivity contribution in [2.45, 2.75) is 56.3 Å². The fraction of sp³-hybridized carbons (Fsp3) is 0.417. The Morgan fingerprint density at radius 2 is 1.54 bits per heavy atom. The Balaban J connectivity index is 1.69. The summed E-state index contributed by atoms with van der Waals surface area (Å²) in [5.74, 6) is 1.10. The standard InChI is InChI=1S/C24H22Cl2N2/c1-3-9-23-13-7-5-6-8-14(13)24(10-4-2)21(23)19(23)20-22(24)28-18-12-16(26)15(25)11-17(18)27-20/h5-8,11-12,19,21H,3-4,9-10H2,1-2H3. The summed E-state index contributed by atoms with van der Waals surface area (Å²) >= 11 is 12.6. The van der Waals surface area contributed by atoms with Gasteiger partial charge in [0.2, 0.25) is 0 Å². The third-order valence-corrected chi connectivity index (χ3v) is 8.25. The van der Waals surface area contributed by atoms with E-state index in [2.05, 4.69) is 38.1 Å². The Bertz CT molecular complexity index is 1160. The van der Waals surface area contributed by atoms with Gasteiger partial charge in [-0.1, -0.05) is 74.2 Å². The Morgan fingerprint density at radius 3 is 2.21 bits per heavy atom. The quantitative estimate of drug-likeness (QED) is 0.474. The minimum Gasteiger partial charge on any atom is -0.249 e. The molecule has 3 aromatic rings. The number of rotatable bonds is 4. The second kappa shape index (κ2) is 5.49. The SMILES string of the molecule is CCCC12c3ccccc3C3(CCC)C(c4nc5cc(Cl)c(Cl)cc5nc41)C23. The van der Waals surface area contributed by atoms with Crippen LogP contribution in [0.4, 0.5) is 0 Å². The molecule has 0 aliphatic heterocycles. The predicted octanol–water partition coefficient (Wildman–Crippen LogP) is 6.80. The van der Waals surface area contributed by atoms with E-state index < -0.39 is 0 Å². The zero-order valence-corrected chi connectivity index (χ0v) is 17.6. The van der Waals surface area contributed by atoms with Crippen LogP contribution in [-0.4, -0.2) is 9.97 Å². The molecule has 3 aliphatic rings. The first-order valence-corrected chi connectivity index (χ1v) is 11.1. The van der Waals surface area contributed by atoms with Crippen molar-refractivity contribution >= 4 is 34.2 Å². The van der Waals surface area contributed by atoms with Crippen molar-refractivity contribution in [1.82, 2.24) is 9.97 Å². The summed E-state index contributed by atoms with van der Waals surface area (Å²) in [6.45, 7) is 4.59. The lowest BCUT2D eigenvalue weighted by Crippen LogP contribution is -2.29. The van der Waals surface area contributed by atoms with Crippen molar-refractivity contribution in [3.8, 4) is 0 Å². The molecule has 1 aromatic heterocycles. The van der Waals surface area contributed by atoms with Gasteiger partial charge in [-0.15, -0.1) is 0 Å². The minimum atomic E-state index is 0.00775. The van der Waals surface area contributed by atoms with E-state index in [4.69, 9.17) is 33.2 Å². The molecule has 1 saturated carbocycles. The molecule has 6 rings (SSSR count). The zero-order valence-electron chi connectivity index (χ0n) is 16.1. The van der Waals surface area contributed by atoms with Gasteiger partial charge in [0.05, 0.1) is 32.5 Å². The van der Waals surface area contributed by atoms with Crippen LogP contribution in [0.25, 0.3) is 11.0 Å².